The van der Waals surface area contributed by atoms with Gasteiger partial charge in [-0.2, -0.15) is 0 Å². The fraction of sp³-hybridized carbons (Fsp3) is 0.800. The lowest BCUT2D eigenvalue weighted by atomic mass is 10.1. The Balaban J connectivity index is 2.63. The summed E-state index contributed by atoms with van der Waals surface area (Å²) in [7, 11) is 0. The molecule has 1 aliphatic heterocycles. The van der Waals surface area contributed by atoms with E-state index in [2.05, 4.69) is 15.9 Å². The van der Waals surface area contributed by atoms with E-state index in [9.17, 15) is 9.59 Å². The summed E-state index contributed by atoms with van der Waals surface area (Å²) in [6.45, 7) is 5.80. The van der Waals surface area contributed by atoms with Gasteiger partial charge in [0, 0.05) is 6.54 Å². The highest BCUT2D eigenvalue weighted by Crippen LogP contribution is 2.20. The molecule has 86 valence electrons. The van der Waals surface area contributed by atoms with E-state index in [1.807, 2.05) is 0 Å². The highest BCUT2D eigenvalue weighted by Gasteiger charge is 2.33. The molecule has 1 unspecified atom stereocenters. The van der Waals surface area contributed by atoms with Crippen molar-refractivity contribution in [3.63, 3.8) is 0 Å². The number of amides is 2. The molecule has 1 fully saturated rings. The van der Waals surface area contributed by atoms with Crippen LogP contribution in [0, 0.1) is 0 Å². The van der Waals surface area contributed by atoms with Crippen LogP contribution in [-0.4, -0.2) is 33.9 Å². The Morgan fingerprint density at radius 2 is 2.13 bits per heavy atom. The summed E-state index contributed by atoms with van der Waals surface area (Å²) in [5.41, 5.74) is -0.559. The fourth-order valence-electron chi connectivity index (χ4n) is 1.33. The number of rotatable bonds is 0. The molecule has 1 saturated heterocycles. The lowest BCUT2D eigenvalue weighted by molar-refractivity contribution is -0.131. The second-order valence-electron chi connectivity index (χ2n) is 4.58. The van der Waals surface area contributed by atoms with Gasteiger partial charge in [0.1, 0.15) is 5.60 Å². The summed E-state index contributed by atoms with van der Waals surface area (Å²) in [6, 6.07) is 0. The molecule has 0 aliphatic carbocycles. The SMILES string of the molecule is CC(C)(C)OC(=O)N1CCCC(Br)C1=O. The Morgan fingerprint density at radius 1 is 1.53 bits per heavy atom. The van der Waals surface area contributed by atoms with Crippen molar-refractivity contribution in [2.45, 2.75) is 44.0 Å². The Hall–Kier alpha value is -0.580. The van der Waals surface area contributed by atoms with Crippen molar-refractivity contribution < 1.29 is 14.3 Å². The number of alkyl halides is 1. The van der Waals surface area contributed by atoms with Gasteiger partial charge >= 0.3 is 6.09 Å². The van der Waals surface area contributed by atoms with E-state index in [1.54, 1.807) is 20.8 Å². The van der Waals surface area contributed by atoms with Gasteiger partial charge in [-0.15, -0.1) is 0 Å². The minimum atomic E-state index is -0.559. The number of carbonyl (C=O) groups excluding carboxylic acids is 2. The smallest absolute Gasteiger partial charge is 0.417 e. The summed E-state index contributed by atoms with van der Waals surface area (Å²) >= 11 is 3.24. The maximum Gasteiger partial charge on any atom is 0.417 e. The van der Waals surface area contributed by atoms with Gasteiger partial charge in [-0.25, -0.2) is 9.69 Å². The quantitative estimate of drug-likeness (QED) is 0.639. The predicted octanol–water partition coefficient (Wildman–Crippen LogP) is 2.31. The molecule has 0 aromatic rings. The van der Waals surface area contributed by atoms with Crippen molar-refractivity contribution in [3.8, 4) is 0 Å². The van der Waals surface area contributed by atoms with E-state index in [1.165, 1.54) is 4.90 Å². The first-order valence-corrected chi connectivity index (χ1v) is 5.91. The molecule has 0 N–H and O–H groups in total. The number of hydrogen-bond acceptors (Lipinski definition) is 3. The number of ether oxygens (including phenoxy) is 1. The van der Waals surface area contributed by atoms with Crippen LogP contribution < -0.4 is 0 Å². The lowest BCUT2D eigenvalue weighted by Gasteiger charge is -2.30. The molecule has 1 aliphatic rings. The zero-order valence-corrected chi connectivity index (χ0v) is 10.8. The van der Waals surface area contributed by atoms with Crippen LogP contribution in [0.15, 0.2) is 0 Å². The van der Waals surface area contributed by atoms with Crippen LogP contribution in [0.1, 0.15) is 33.6 Å². The Labute approximate surface area is 98.1 Å². The van der Waals surface area contributed by atoms with Gasteiger partial charge in [-0.05, 0) is 33.6 Å². The van der Waals surface area contributed by atoms with E-state index >= 15 is 0 Å². The second-order valence-corrected chi connectivity index (χ2v) is 5.69. The van der Waals surface area contributed by atoms with Crippen molar-refractivity contribution >= 4 is 27.9 Å². The predicted molar refractivity (Wildman–Crippen MR) is 59.9 cm³/mol. The molecule has 0 aromatic heterocycles. The highest BCUT2D eigenvalue weighted by molar-refractivity contribution is 9.10. The maximum atomic E-state index is 11.6. The number of halogens is 1. The molecule has 4 nitrogen and oxygen atoms in total. The number of likely N-dealkylation sites (tertiary alicyclic amines) is 1. The van der Waals surface area contributed by atoms with Crippen molar-refractivity contribution in [1.82, 2.24) is 4.90 Å². The average Bonchev–Trinajstić information content (AvgIpc) is 2.06. The normalized spacial score (nSPS) is 22.8. The molecule has 0 spiro atoms. The lowest BCUT2D eigenvalue weighted by Crippen LogP contribution is -2.47. The molecule has 0 radical (unpaired) electrons. The first-order valence-electron chi connectivity index (χ1n) is 5.00. The van der Waals surface area contributed by atoms with Crippen LogP contribution >= 0.6 is 15.9 Å². The largest absolute Gasteiger partial charge is 0.443 e. The van der Waals surface area contributed by atoms with Crippen molar-refractivity contribution in [2.75, 3.05) is 6.54 Å². The van der Waals surface area contributed by atoms with Crippen LogP contribution in [0.25, 0.3) is 0 Å². The number of carbonyl (C=O) groups is 2. The summed E-state index contributed by atoms with van der Waals surface area (Å²) in [6.07, 6.45) is 1.05. The summed E-state index contributed by atoms with van der Waals surface area (Å²) in [4.78, 5) is 24.2. The van der Waals surface area contributed by atoms with Crippen LogP contribution in [0.5, 0.6) is 0 Å². The van der Waals surface area contributed by atoms with Gasteiger partial charge < -0.3 is 4.74 Å². The zero-order chi connectivity index (χ0) is 11.6. The van der Waals surface area contributed by atoms with E-state index in [0.29, 0.717) is 6.54 Å². The molecule has 2 amide bonds. The first kappa shape index (κ1) is 12.5. The molecule has 5 heteroatoms. The number of hydrogen-bond donors (Lipinski definition) is 0. The van der Waals surface area contributed by atoms with E-state index in [4.69, 9.17) is 4.74 Å². The third-order valence-electron chi connectivity index (χ3n) is 1.99. The van der Waals surface area contributed by atoms with Crippen LogP contribution in [0.3, 0.4) is 0 Å². The molecule has 15 heavy (non-hydrogen) atoms. The second kappa shape index (κ2) is 4.51. The van der Waals surface area contributed by atoms with Crippen molar-refractivity contribution in [3.05, 3.63) is 0 Å². The monoisotopic (exact) mass is 277 g/mol. The first-order chi connectivity index (χ1) is 6.81. The van der Waals surface area contributed by atoms with Gasteiger partial charge in [0.15, 0.2) is 0 Å². The third-order valence-corrected chi connectivity index (χ3v) is 2.84. The highest BCUT2D eigenvalue weighted by atomic mass is 79.9. The number of piperidine rings is 1. The molecule has 1 rings (SSSR count). The minimum Gasteiger partial charge on any atom is -0.443 e. The molecule has 0 bridgehead atoms. The number of nitrogens with zero attached hydrogens (tertiary/aromatic N) is 1. The topological polar surface area (TPSA) is 46.6 Å². The minimum absolute atomic E-state index is 0.199. The van der Waals surface area contributed by atoms with Crippen LogP contribution in [-0.2, 0) is 9.53 Å². The van der Waals surface area contributed by atoms with E-state index in [0.717, 1.165) is 12.8 Å². The molecule has 0 saturated carbocycles. The molecule has 1 heterocycles. The molecular formula is C10H16BrNO3. The summed E-state index contributed by atoms with van der Waals surface area (Å²) in [5, 5.41) is 0. The van der Waals surface area contributed by atoms with Gasteiger partial charge in [0.05, 0.1) is 4.83 Å². The average molecular weight is 278 g/mol. The summed E-state index contributed by atoms with van der Waals surface area (Å²) < 4.78 is 5.14. The molecular weight excluding hydrogens is 262 g/mol. The van der Waals surface area contributed by atoms with E-state index in [-0.39, 0.29) is 10.7 Å². The zero-order valence-electron chi connectivity index (χ0n) is 9.25. The Morgan fingerprint density at radius 3 is 2.67 bits per heavy atom. The third kappa shape index (κ3) is 3.48. The van der Waals surface area contributed by atoms with Gasteiger partial charge in [-0.1, -0.05) is 15.9 Å². The van der Waals surface area contributed by atoms with E-state index < -0.39 is 11.7 Å². The standard InChI is InChI=1S/C10H16BrNO3/c1-10(2,3)15-9(14)12-6-4-5-7(11)8(12)13/h7H,4-6H2,1-3H3. The summed E-state index contributed by atoms with van der Waals surface area (Å²) in [5.74, 6) is -0.199. The Kier molecular flexibility index (Phi) is 3.76. The van der Waals surface area contributed by atoms with Gasteiger partial charge in [-0.3, -0.25) is 4.79 Å². The molecule has 0 aromatic carbocycles. The van der Waals surface area contributed by atoms with Crippen LogP contribution in [0.4, 0.5) is 4.79 Å². The van der Waals surface area contributed by atoms with Crippen LogP contribution in [0.2, 0.25) is 0 Å². The number of imide groups is 1. The van der Waals surface area contributed by atoms with Crippen molar-refractivity contribution in [2.24, 2.45) is 0 Å². The Bertz CT molecular complexity index is 272. The van der Waals surface area contributed by atoms with Gasteiger partial charge in [0.25, 0.3) is 0 Å². The van der Waals surface area contributed by atoms with Gasteiger partial charge in [0.2, 0.25) is 5.91 Å². The van der Waals surface area contributed by atoms with Crippen molar-refractivity contribution in [1.29, 1.82) is 0 Å². The fourth-order valence-corrected chi connectivity index (χ4v) is 1.90. The molecule has 1 atom stereocenters. The maximum absolute atomic E-state index is 11.6.